The van der Waals surface area contributed by atoms with Crippen LogP contribution in [0.5, 0.6) is 0 Å². The highest BCUT2D eigenvalue weighted by Crippen LogP contribution is 2.31. The molecular formula is C29H33FN2O5S. The summed E-state index contributed by atoms with van der Waals surface area (Å²) >= 11 is 0. The van der Waals surface area contributed by atoms with Gasteiger partial charge in [-0.3, -0.25) is 4.79 Å². The standard InChI is InChI=1S/C29H33FN2O5S/c1-20-16-32(21(2)18-33)29(34)25-13-7-6-12-24(25)23-11-5-4-10-22(23)19-37-27(20)17-31(3)38(35,36)28-15-9-8-14-26(28)30/h4-15,20-21,27,33H,16-19H2,1-3H3/t20-,21+,27+/m0/s1. The number of ether oxygens (including phenoxy) is 1. The third-order valence-corrected chi connectivity index (χ3v) is 8.91. The molecule has 1 aliphatic heterocycles. The third-order valence-electron chi connectivity index (χ3n) is 7.06. The highest BCUT2D eigenvalue weighted by molar-refractivity contribution is 7.89. The van der Waals surface area contributed by atoms with E-state index in [2.05, 4.69) is 0 Å². The van der Waals surface area contributed by atoms with Crippen LogP contribution in [0.3, 0.4) is 0 Å². The van der Waals surface area contributed by atoms with Gasteiger partial charge < -0.3 is 14.7 Å². The number of sulfonamides is 1. The summed E-state index contributed by atoms with van der Waals surface area (Å²) in [4.78, 5) is 15.1. The van der Waals surface area contributed by atoms with Gasteiger partial charge in [-0.2, -0.15) is 4.31 Å². The fourth-order valence-electron chi connectivity index (χ4n) is 4.72. The number of benzene rings is 3. The van der Waals surface area contributed by atoms with Gasteiger partial charge in [-0.05, 0) is 41.8 Å². The zero-order valence-corrected chi connectivity index (χ0v) is 22.6. The summed E-state index contributed by atoms with van der Waals surface area (Å²) < 4.78 is 48.3. The first-order valence-corrected chi connectivity index (χ1v) is 14.0. The maximum Gasteiger partial charge on any atom is 0.254 e. The molecule has 0 saturated carbocycles. The lowest BCUT2D eigenvalue weighted by Gasteiger charge is -2.35. The van der Waals surface area contributed by atoms with Crippen molar-refractivity contribution in [1.82, 2.24) is 9.21 Å². The molecule has 38 heavy (non-hydrogen) atoms. The Bertz CT molecular complexity index is 1400. The summed E-state index contributed by atoms with van der Waals surface area (Å²) in [7, 11) is -2.73. The predicted molar refractivity (Wildman–Crippen MR) is 143 cm³/mol. The van der Waals surface area contributed by atoms with Crippen molar-refractivity contribution >= 4 is 15.9 Å². The first-order chi connectivity index (χ1) is 18.1. The number of likely N-dealkylation sites (N-methyl/N-ethyl adjacent to an activating group) is 1. The quantitative estimate of drug-likeness (QED) is 0.507. The van der Waals surface area contributed by atoms with Crippen LogP contribution in [0, 0.1) is 11.7 Å². The second-order valence-electron chi connectivity index (χ2n) is 9.73. The lowest BCUT2D eigenvalue weighted by atomic mass is 9.94. The molecule has 0 bridgehead atoms. The third kappa shape index (κ3) is 5.66. The second-order valence-corrected chi connectivity index (χ2v) is 11.7. The number of hydrogen-bond acceptors (Lipinski definition) is 5. The van der Waals surface area contributed by atoms with Crippen molar-refractivity contribution < 1.29 is 27.4 Å². The van der Waals surface area contributed by atoms with Crippen molar-refractivity contribution in [3.05, 3.63) is 89.7 Å². The Balaban J connectivity index is 1.74. The molecule has 3 aromatic rings. The molecule has 0 fully saturated rings. The number of aliphatic hydroxyl groups is 1. The first kappa shape index (κ1) is 27.9. The maximum absolute atomic E-state index is 14.4. The van der Waals surface area contributed by atoms with Crippen LogP contribution in [0.2, 0.25) is 0 Å². The van der Waals surface area contributed by atoms with E-state index in [1.165, 1.54) is 25.2 Å². The van der Waals surface area contributed by atoms with Crippen LogP contribution in [0.4, 0.5) is 4.39 Å². The van der Waals surface area contributed by atoms with Gasteiger partial charge in [0, 0.05) is 31.6 Å². The number of carbonyl (C=O) groups excluding carboxylic acids is 1. The minimum atomic E-state index is -4.13. The van der Waals surface area contributed by atoms with Crippen molar-refractivity contribution in [2.24, 2.45) is 5.92 Å². The minimum Gasteiger partial charge on any atom is -0.394 e. The van der Waals surface area contributed by atoms with Crippen LogP contribution in [-0.2, 0) is 21.4 Å². The molecule has 1 heterocycles. The Morgan fingerprint density at radius 3 is 2.32 bits per heavy atom. The number of rotatable bonds is 6. The van der Waals surface area contributed by atoms with Gasteiger partial charge in [0.05, 0.1) is 25.4 Å². The molecule has 0 spiro atoms. The van der Waals surface area contributed by atoms with Crippen molar-refractivity contribution in [2.45, 2.75) is 37.5 Å². The van der Waals surface area contributed by atoms with Gasteiger partial charge in [-0.25, -0.2) is 12.8 Å². The first-order valence-electron chi connectivity index (χ1n) is 12.6. The molecule has 0 aliphatic carbocycles. The summed E-state index contributed by atoms with van der Waals surface area (Å²) in [6, 6.07) is 19.8. The van der Waals surface area contributed by atoms with Crippen molar-refractivity contribution in [3.63, 3.8) is 0 Å². The maximum atomic E-state index is 14.4. The summed E-state index contributed by atoms with van der Waals surface area (Å²) in [6.07, 6.45) is -0.628. The number of fused-ring (bicyclic) bond motifs is 3. The van der Waals surface area contributed by atoms with Crippen LogP contribution in [-0.4, -0.2) is 67.5 Å². The summed E-state index contributed by atoms with van der Waals surface area (Å²) in [6.45, 7) is 3.78. The van der Waals surface area contributed by atoms with Gasteiger partial charge in [-0.15, -0.1) is 0 Å². The van der Waals surface area contributed by atoms with E-state index in [9.17, 15) is 22.7 Å². The molecule has 0 saturated heterocycles. The smallest absolute Gasteiger partial charge is 0.254 e. The van der Waals surface area contributed by atoms with Crippen LogP contribution in [0.15, 0.2) is 77.7 Å². The number of carbonyl (C=O) groups is 1. The zero-order valence-electron chi connectivity index (χ0n) is 21.7. The van der Waals surface area contributed by atoms with Gasteiger partial charge in [0.1, 0.15) is 10.7 Å². The molecule has 1 aliphatic rings. The molecule has 1 amide bonds. The Labute approximate surface area is 223 Å². The average molecular weight is 541 g/mol. The van der Waals surface area contributed by atoms with E-state index < -0.39 is 32.9 Å². The SMILES string of the molecule is C[C@H](CO)N1C[C@H](C)[C@@H](CN(C)S(=O)(=O)c2ccccc2F)OCc2ccccc2-c2ccccc2C1=O. The molecule has 3 atom stereocenters. The monoisotopic (exact) mass is 540 g/mol. The molecule has 3 aromatic carbocycles. The van der Waals surface area contributed by atoms with Gasteiger partial charge in [0.2, 0.25) is 10.0 Å². The van der Waals surface area contributed by atoms with Crippen molar-refractivity contribution in [3.8, 4) is 11.1 Å². The predicted octanol–water partition coefficient (Wildman–Crippen LogP) is 4.17. The molecule has 7 nitrogen and oxygen atoms in total. The molecule has 202 valence electrons. The van der Waals surface area contributed by atoms with Crippen LogP contribution >= 0.6 is 0 Å². The van der Waals surface area contributed by atoms with E-state index in [1.807, 2.05) is 49.4 Å². The second kappa shape index (κ2) is 11.7. The van der Waals surface area contributed by atoms with E-state index in [0.717, 1.165) is 27.1 Å². The van der Waals surface area contributed by atoms with Gasteiger partial charge >= 0.3 is 0 Å². The molecule has 9 heteroatoms. The summed E-state index contributed by atoms with van der Waals surface area (Å²) in [5.41, 5.74) is 2.98. The Hall–Kier alpha value is -3.11. The lowest BCUT2D eigenvalue weighted by molar-refractivity contribution is -0.0146. The molecule has 1 N–H and O–H groups in total. The fourth-order valence-corrected chi connectivity index (χ4v) is 5.97. The van der Waals surface area contributed by atoms with E-state index in [4.69, 9.17) is 4.74 Å². The van der Waals surface area contributed by atoms with E-state index in [1.54, 1.807) is 17.9 Å². The molecule has 0 unspecified atom stereocenters. The number of amides is 1. The van der Waals surface area contributed by atoms with Crippen LogP contribution in [0.1, 0.15) is 29.8 Å². The van der Waals surface area contributed by atoms with E-state index in [-0.39, 0.29) is 38.1 Å². The molecule has 0 radical (unpaired) electrons. The van der Waals surface area contributed by atoms with Gasteiger partial charge in [0.25, 0.3) is 5.91 Å². The van der Waals surface area contributed by atoms with Crippen LogP contribution < -0.4 is 0 Å². The molecule has 0 aromatic heterocycles. The lowest BCUT2D eigenvalue weighted by Crippen LogP contribution is -2.47. The van der Waals surface area contributed by atoms with Gasteiger partial charge in [0.15, 0.2) is 0 Å². The average Bonchev–Trinajstić information content (AvgIpc) is 2.94. The normalized spacial score (nSPS) is 19.4. The summed E-state index contributed by atoms with van der Waals surface area (Å²) in [5.74, 6) is -1.36. The largest absolute Gasteiger partial charge is 0.394 e. The fraction of sp³-hybridized carbons (Fsp3) is 0.345. The number of hydrogen-bond donors (Lipinski definition) is 1. The van der Waals surface area contributed by atoms with Crippen molar-refractivity contribution in [2.75, 3.05) is 26.7 Å². The van der Waals surface area contributed by atoms with Crippen molar-refractivity contribution in [1.29, 1.82) is 0 Å². The highest BCUT2D eigenvalue weighted by Gasteiger charge is 2.33. The number of nitrogens with zero attached hydrogens (tertiary/aromatic N) is 2. The topological polar surface area (TPSA) is 87.2 Å². The highest BCUT2D eigenvalue weighted by atomic mass is 32.2. The molecular weight excluding hydrogens is 507 g/mol. The Kier molecular flexibility index (Phi) is 8.62. The number of halogens is 1. The van der Waals surface area contributed by atoms with E-state index in [0.29, 0.717) is 5.56 Å². The summed E-state index contributed by atoms with van der Waals surface area (Å²) in [5, 5.41) is 9.96. The molecule has 4 rings (SSSR count). The minimum absolute atomic E-state index is 0.0531. The Morgan fingerprint density at radius 1 is 1.03 bits per heavy atom. The van der Waals surface area contributed by atoms with E-state index >= 15 is 0 Å². The number of aliphatic hydroxyl groups excluding tert-OH is 1. The van der Waals surface area contributed by atoms with Gasteiger partial charge in [-0.1, -0.05) is 61.5 Å². The Morgan fingerprint density at radius 2 is 1.63 bits per heavy atom. The van der Waals surface area contributed by atoms with Crippen LogP contribution in [0.25, 0.3) is 11.1 Å². The zero-order chi connectivity index (χ0) is 27.4.